The summed E-state index contributed by atoms with van der Waals surface area (Å²) in [6.07, 6.45) is 1.08. The van der Waals surface area contributed by atoms with E-state index in [0.29, 0.717) is 16.3 Å². The number of nitrogens with one attached hydrogen (secondary N) is 2. The number of hydrogen-bond donors (Lipinski definition) is 2. The molecule has 1 aromatic heterocycles. The quantitative estimate of drug-likeness (QED) is 0.909. The van der Waals surface area contributed by atoms with Crippen molar-refractivity contribution in [3.8, 4) is 0 Å². The average molecular weight is 296 g/mol. The number of thiophene rings is 1. The molecule has 0 aliphatic rings. The Labute approximate surface area is 115 Å². The van der Waals surface area contributed by atoms with Crippen LogP contribution in [-0.2, 0) is 10.0 Å². The third-order valence-electron chi connectivity index (χ3n) is 2.19. The standard InChI is InChI=1S/C12H12N2O3S2/c1-19(16,17)14-10-6-4-9(5-7-10)13-12(15)11-3-2-8-18-11/h2-8,14H,1H3,(H,13,15). The van der Waals surface area contributed by atoms with Gasteiger partial charge < -0.3 is 5.32 Å². The van der Waals surface area contributed by atoms with E-state index in [4.69, 9.17) is 0 Å². The molecule has 1 heterocycles. The van der Waals surface area contributed by atoms with Gasteiger partial charge in [-0.1, -0.05) is 6.07 Å². The molecule has 2 rings (SSSR count). The van der Waals surface area contributed by atoms with Crippen LogP contribution in [0, 0.1) is 0 Å². The van der Waals surface area contributed by atoms with Crippen molar-refractivity contribution in [1.29, 1.82) is 0 Å². The second kappa shape index (κ2) is 5.41. The maximum atomic E-state index is 11.8. The molecule has 0 saturated heterocycles. The first-order chi connectivity index (χ1) is 8.94. The van der Waals surface area contributed by atoms with E-state index >= 15 is 0 Å². The molecule has 0 spiro atoms. The Kier molecular flexibility index (Phi) is 3.87. The van der Waals surface area contributed by atoms with E-state index in [0.717, 1.165) is 6.26 Å². The Hall–Kier alpha value is -1.86. The van der Waals surface area contributed by atoms with Crippen molar-refractivity contribution >= 4 is 38.6 Å². The number of hydrogen-bond acceptors (Lipinski definition) is 4. The highest BCUT2D eigenvalue weighted by atomic mass is 32.2. The first kappa shape index (κ1) is 13.6. The number of carbonyl (C=O) groups excluding carboxylic acids is 1. The van der Waals surface area contributed by atoms with Gasteiger partial charge in [-0.05, 0) is 35.7 Å². The van der Waals surface area contributed by atoms with Crippen molar-refractivity contribution < 1.29 is 13.2 Å². The minimum atomic E-state index is -3.28. The fourth-order valence-electron chi connectivity index (χ4n) is 1.44. The molecular weight excluding hydrogens is 284 g/mol. The number of carbonyl (C=O) groups is 1. The van der Waals surface area contributed by atoms with E-state index in [-0.39, 0.29) is 5.91 Å². The Morgan fingerprint density at radius 2 is 1.74 bits per heavy atom. The minimum Gasteiger partial charge on any atom is -0.321 e. The molecule has 0 unspecified atom stereocenters. The Bertz CT molecular complexity index is 662. The lowest BCUT2D eigenvalue weighted by molar-refractivity contribution is 0.103. The monoisotopic (exact) mass is 296 g/mol. The summed E-state index contributed by atoms with van der Waals surface area (Å²) < 4.78 is 24.4. The summed E-state index contributed by atoms with van der Waals surface area (Å²) in [5.74, 6) is -0.182. The number of rotatable bonds is 4. The average Bonchev–Trinajstić information content (AvgIpc) is 2.83. The molecule has 0 aliphatic carbocycles. The van der Waals surface area contributed by atoms with Gasteiger partial charge in [-0.25, -0.2) is 8.42 Å². The van der Waals surface area contributed by atoms with E-state index in [1.807, 2.05) is 5.38 Å². The van der Waals surface area contributed by atoms with E-state index in [9.17, 15) is 13.2 Å². The molecule has 2 aromatic rings. The van der Waals surface area contributed by atoms with Crippen LogP contribution in [0.3, 0.4) is 0 Å². The van der Waals surface area contributed by atoms with Gasteiger partial charge in [0, 0.05) is 11.4 Å². The summed E-state index contributed by atoms with van der Waals surface area (Å²) in [5.41, 5.74) is 1.06. The summed E-state index contributed by atoms with van der Waals surface area (Å²) in [7, 11) is -3.28. The molecule has 5 nitrogen and oxygen atoms in total. The van der Waals surface area contributed by atoms with Crippen LogP contribution in [0.2, 0.25) is 0 Å². The first-order valence-corrected chi connectivity index (χ1v) is 8.14. The molecule has 0 saturated carbocycles. The number of anilines is 2. The van der Waals surface area contributed by atoms with Gasteiger partial charge in [0.1, 0.15) is 0 Å². The van der Waals surface area contributed by atoms with Crippen LogP contribution in [-0.4, -0.2) is 20.6 Å². The zero-order valence-corrected chi connectivity index (χ0v) is 11.7. The van der Waals surface area contributed by atoms with Crippen molar-refractivity contribution in [1.82, 2.24) is 0 Å². The summed E-state index contributed by atoms with van der Waals surface area (Å²) in [6.45, 7) is 0. The summed E-state index contributed by atoms with van der Waals surface area (Å²) in [6, 6.07) is 9.99. The van der Waals surface area contributed by atoms with E-state index in [2.05, 4.69) is 10.0 Å². The van der Waals surface area contributed by atoms with Gasteiger partial charge >= 0.3 is 0 Å². The SMILES string of the molecule is CS(=O)(=O)Nc1ccc(NC(=O)c2cccs2)cc1. The van der Waals surface area contributed by atoms with Crippen LogP contribution < -0.4 is 10.0 Å². The fourth-order valence-corrected chi connectivity index (χ4v) is 2.62. The largest absolute Gasteiger partial charge is 0.321 e. The van der Waals surface area contributed by atoms with E-state index in [1.54, 1.807) is 36.4 Å². The van der Waals surface area contributed by atoms with Crippen molar-refractivity contribution in [2.75, 3.05) is 16.3 Å². The molecule has 0 fully saturated rings. The summed E-state index contributed by atoms with van der Waals surface area (Å²) in [4.78, 5) is 12.4. The lowest BCUT2D eigenvalue weighted by atomic mass is 10.3. The molecule has 0 bridgehead atoms. The van der Waals surface area contributed by atoms with Crippen LogP contribution in [0.5, 0.6) is 0 Å². The van der Waals surface area contributed by atoms with Crippen LogP contribution >= 0.6 is 11.3 Å². The van der Waals surface area contributed by atoms with Gasteiger partial charge in [0.2, 0.25) is 10.0 Å². The topological polar surface area (TPSA) is 75.3 Å². The van der Waals surface area contributed by atoms with Crippen LogP contribution in [0.1, 0.15) is 9.67 Å². The van der Waals surface area contributed by atoms with Crippen molar-refractivity contribution in [3.05, 3.63) is 46.7 Å². The van der Waals surface area contributed by atoms with E-state index < -0.39 is 10.0 Å². The molecule has 0 aliphatic heterocycles. The second-order valence-corrected chi connectivity index (χ2v) is 6.58. The highest BCUT2D eigenvalue weighted by Crippen LogP contribution is 2.16. The summed E-state index contributed by atoms with van der Waals surface area (Å²) >= 11 is 1.36. The molecule has 0 atom stereocenters. The van der Waals surface area contributed by atoms with Crippen LogP contribution in [0.4, 0.5) is 11.4 Å². The van der Waals surface area contributed by atoms with Gasteiger partial charge in [0.05, 0.1) is 11.1 Å². The fraction of sp³-hybridized carbons (Fsp3) is 0.0833. The zero-order chi connectivity index (χ0) is 13.9. The molecule has 100 valence electrons. The maximum absolute atomic E-state index is 11.8. The third kappa shape index (κ3) is 4.08. The third-order valence-corrected chi connectivity index (χ3v) is 3.67. The van der Waals surface area contributed by atoms with Gasteiger partial charge in [0.15, 0.2) is 0 Å². The van der Waals surface area contributed by atoms with Crippen LogP contribution in [0.25, 0.3) is 0 Å². The number of benzene rings is 1. The van der Waals surface area contributed by atoms with Crippen LogP contribution in [0.15, 0.2) is 41.8 Å². The van der Waals surface area contributed by atoms with Crippen molar-refractivity contribution in [3.63, 3.8) is 0 Å². The molecular formula is C12H12N2O3S2. The minimum absolute atomic E-state index is 0.182. The van der Waals surface area contributed by atoms with Crippen molar-refractivity contribution in [2.24, 2.45) is 0 Å². The highest BCUT2D eigenvalue weighted by Gasteiger charge is 2.07. The molecule has 1 aromatic carbocycles. The van der Waals surface area contributed by atoms with Gasteiger partial charge in [0.25, 0.3) is 5.91 Å². The summed E-state index contributed by atoms with van der Waals surface area (Å²) in [5, 5.41) is 4.56. The zero-order valence-electron chi connectivity index (χ0n) is 10.1. The highest BCUT2D eigenvalue weighted by molar-refractivity contribution is 7.92. The Morgan fingerprint density at radius 1 is 1.11 bits per heavy atom. The normalized spacial score (nSPS) is 11.0. The Balaban J connectivity index is 2.05. The molecule has 19 heavy (non-hydrogen) atoms. The predicted octanol–water partition coefficient (Wildman–Crippen LogP) is 2.37. The molecule has 0 radical (unpaired) electrons. The Morgan fingerprint density at radius 3 is 2.26 bits per heavy atom. The lowest BCUT2D eigenvalue weighted by Gasteiger charge is -2.06. The number of amides is 1. The van der Waals surface area contributed by atoms with Crippen molar-refractivity contribution in [2.45, 2.75) is 0 Å². The maximum Gasteiger partial charge on any atom is 0.265 e. The first-order valence-electron chi connectivity index (χ1n) is 5.37. The van der Waals surface area contributed by atoms with E-state index in [1.165, 1.54) is 11.3 Å². The lowest BCUT2D eigenvalue weighted by Crippen LogP contribution is -2.11. The van der Waals surface area contributed by atoms with Gasteiger partial charge in [-0.15, -0.1) is 11.3 Å². The smallest absolute Gasteiger partial charge is 0.265 e. The number of sulfonamides is 1. The second-order valence-electron chi connectivity index (χ2n) is 3.88. The predicted molar refractivity (Wildman–Crippen MR) is 77.2 cm³/mol. The molecule has 2 N–H and O–H groups in total. The molecule has 1 amide bonds. The van der Waals surface area contributed by atoms with Gasteiger partial charge in [-0.3, -0.25) is 9.52 Å². The van der Waals surface area contributed by atoms with Gasteiger partial charge in [-0.2, -0.15) is 0 Å². The molecule has 7 heteroatoms.